The Balaban J connectivity index is 3.02. The van der Waals surface area contributed by atoms with Crippen LogP contribution in [0.4, 0.5) is 0 Å². The largest absolute Gasteiger partial charge is 0.316 e. The van der Waals surface area contributed by atoms with Gasteiger partial charge in [-0.3, -0.25) is 4.79 Å². The Bertz CT molecular complexity index is 281. The summed E-state index contributed by atoms with van der Waals surface area (Å²) in [7, 11) is 1.87. The quantitative estimate of drug-likeness (QED) is 0.684. The molecule has 0 heterocycles. The number of carbonyl (C=O) groups is 1. The van der Waals surface area contributed by atoms with E-state index in [1.165, 1.54) is 0 Å². The summed E-state index contributed by atoms with van der Waals surface area (Å²) in [6, 6.07) is 5.90. The van der Waals surface area contributed by atoms with Crippen LogP contribution in [-0.2, 0) is 6.54 Å². The van der Waals surface area contributed by atoms with Gasteiger partial charge in [0, 0.05) is 12.1 Å². The van der Waals surface area contributed by atoms with E-state index < -0.39 is 0 Å². The molecule has 0 fully saturated rings. The molecule has 1 aromatic rings. The lowest BCUT2D eigenvalue weighted by Crippen LogP contribution is -2.07. The van der Waals surface area contributed by atoms with E-state index in [0.717, 1.165) is 29.5 Å². The van der Waals surface area contributed by atoms with Crippen molar-refractivity contribution in [3.05, 3.63) is 34.9 Å². The first kappa shape index (κ1) is 8.94. The maximum Gasteiger partial charge on any atom is 0.150 e. The first-order valence-electron chi connectivity index (χ1n) is 3.97. The number of carbonyl (C=O) groups excluding carboxylic acids is 1. The molecule has 1 aromatic carbocycles. The van der Waals surface area contributed by atoms with Crippen LogP contribution in [0.3, 0.4) is 0 Å². The van der Waals surface area contributed by atoms with Crippen molar-refractivity contribution in [2.75, 3.05) is 7.05 Å². The summed E-state index contributed by atoms with van der Waals surface area (Å²) in [6.45, 7) is 2.73. The third kappa shape index (κ3) is 1.92. The van der Waals surface area contributed by atoms with Gasteiger partial charge in [-0.1, -0.05) is 17.7 Å². The SMILES string of the molecule is CNCc1ccc(C)cc1C=O. The first-order chi connectivity index (χ1) is 5.77. The molecule has 0 bridgehead atoms. The molecular formula is C10H13NO. The molecule has 0 aliphatic rings. The number of aryl methyl sites for hydroxylation is 1. The molecule has 0 aliphatic heterocycles. The van der Waals surface area contributed by atoms with Crippen LogP contribution < -0.4 is 5.32 Å². The van der Waals surface area contributed by atoms with Gasteiger partial charge in [0.1, 0.15) is 6.29 Å². The number of aldehydes is 1. The van der Waals surface area contributed by atoms with Crippen LogP contribution in [0.5, 0.6) is 0 Å². The van der Waals surface area contributed by atoms with Gasteiger partial charge in [-0.25, -0.2) is 0 Å². The highest BCUT2D eigenvalue weighted by atomic mass is 16.1. The van der Waals surface area contributed by atoms with Gasteiger partial charge in [0.15, 0.2) is 0 Å². The lowest BCUT2D eigenvalue weighted by Gasteiger charge is -2.04. The fourth-order valence-corrected chi connectivity index (χ4v) is 1.18. The summed E-state index contributed by atoms with van der Waals surface area (Å²) in [6.07, 6.45) is 0.902. The molecular weight excluding hydrogens is 150 g/mol. The van der Waals surface area contributed by atoms with E-state index in [-0.39, 0.29) is 0 Å². The minimum atomic E-state index is 0.744. The number of hydrogen-bond donors (Lipinski definition) is 1. The van der Waals surface area contributed by atoms with E-state index in [4.69, 9.17) is 0 Å². The predicted molar refractivity (Wildman–Crippen MR) is 49.3 cm³/mol. The zero-order valence-corrected chi connectivity index (χ0v) is 7.42. The monoisotopic (exact) mass is 163 g/mol. The Morgan fingerprint density at radius 2 is 2.25 bits per heavy atom. The van der Waals surface area contributed by atoms with Crippen molar-refractivity contribution in [1.82, 2.24) is 5.32 Å². The molecule has 2 heteroatoms. The summed E-state index contributed by atoms with van der Waals surface area (Å²) >= 11 is 0. The molecule has 64 valence electrons. The van der Waals surface area contributed by atoms with Gasteiger partial charge in [0.25, 0.3) is 0 Å². The van der Waals surface area contributed by atoms with E-state index in [1.54, 1.807) is 0 Å². The molecule has 0 aliphatic carbocycles. The summed E-state index contributed by atoms with van der Waals surface area (Å²) in [5, 5.41) is 3.02. The van der Waals surface area contributed by atoms with Crippen LogP contribution in [0.15, 0.2) is 18.2 Å². The summed E-state index contributed by atoms with van der Waals surface area (Å²) in [5.41, 5.74) is 2.96. The minimum Gasteiger partial charge on any atom is -0.316 e. The van der Waals surface area contributed by atoms with Crippen LogP contribution in [0.1, 0.15) is 21.5 Å². The van der Waals surface area contributed by atoms with E-state index in [9.17, 15) is 4.79 Å². The minimum absolute atomic E-state index is 0.744. The predicted octanol–water partition coefficient (Wildman–Crippen LogP) is 1.53. The zero-order valence-electron chi connectivity index (χ0n) is 7.42. The van der Waals surface area contributed by atoms with Crippen molar-refractivity contribution in [2.45, 2.75) is 13.5 Å². The number of hydrogen-bond acceptors (Lipinski definition) is 2. The van der Waals surface area contributed by atoms with Crippen LogP contribution in [0.2, 0.25) is 0 Å². The summed E-state index contributed by atoms with van der Waals surface area (Å²) < 4.78 is 0. The topological polar surface area (TPSA) is 29.1 Å². The van der Waals surface area contributed by atoms with E-state index >= 15 is 0 Å². The second-order valence-electron chi connectivity index (χ2n) is 2.85. The molecule has 1 N–H and O–H groups in total. The Morgan fingerprint density at radius 1 is 1.50 bits per heavy atom. The van der Waals surface area contributed by atoms with Gasteiger partial charge in [0.2, 0.25) is 0 Å². The van der Waals surface area contributed by atoms with Crippen LogP contribution in [0.25, 0.3) is 0 Å². The molecule has 1 rings (SSSR count). The maximum atomic E-state index is 10.6. The highest BCUT2D eigenvalue weighted by molar-refractivity contribution is 5.77. The third-order valence-corrected chi connectivity index (χ3v) is 1.80. The Kier molecular flexibility index (Phi) is 3.00. The molecule has 0 aromatic heterocycles. The Hall–Kier alpha value is -1.15. The number of benzene rings is 1. The second-order valence-corrected chi connectivity index (χ2v) is 2.85. The van der Waals surface area contributed by atoms with Gasteiger partial charge in [-0.2, -0.15) is 0 Å². The highest BCUT2D eigenvalue weighted by Gasteiger charge is 1.99. The normalized spacial score (nSPS) is 9.83. The smallest absolute Gasteiger partial charge is 0.150 e. The van der Waals surface area contributed by atoms with Crippen molar-refractivity contribution < 1.29 is 4.79 Å². The molecule has 0 unspecified atom stereocenters. The van der Waals surface area contributed by atoms with Gasteiger partial charge >= 0.3 is 0 Å². The average molecular weight is 163 g/mol. The van der Waals surface area contributed by atoms with Gasteiger partial charge in [-0.05, 0) is 25.6 Å². The molecule has 2 nitrogen and oxygen atoms in total. The molecule has 0 atom stereocenters. The molecule has 0 saturated carbocycles. The van der Waals surface area contributed by atoms with Gasteiger partial charge < -0.3 is 5.32 Å². The van der Waals surface area contributed by atoms with Crippen LogP contribution in [-0.4, -0.2) is 13.3 Å². The van der Waals surface area contributed by atoms with Gasteiger partial charge in [-0.15, -0.1) is 0 Å². The molecule has 0 amide bonds. The van der Waals surface area contributed by atoms with Crippen molar-refractivity contribution in [3.8, 4) is 0 Å². The van der Waals surface area contributed by atoms with E-state index in [1.807, 2.05) is 32.2 Å². The van der Waals surface area contributed by atoms with Crippen molar-refractivity contribution >= 4 is 6.29 Å². The Labute approximate surface area is 72.6 Å². The number of rotatable bonds is 3. The first-order valence-corrected chi connectivity index (χ1v) is 3.97. The van der Waals surface area contributed by atoms with Crippen LogP contribution in [0, 0.1) is 6.92 Å². The number of nitrogens with one attached hydrogen (secondary N) is 1. The van der Waals surface area contributed by atoms with Crippen LogP contribution >= 0.6 is 0 Å². The van der Waals surface area contributed by atoms with Gasteiger partial charge in [0.05, 0.1) is 0 Å². The fourth-order valence-electron chi connectivity index (χ4n) is 1.18. The summed E-state index contributed by atoms with van der Waals surface area (Å²) in [4.78, 5) is 10.6. The highest BCUT2D eigenvalue weighted by Crippen LogP contribution is 2.08. The molecule has 0 spiro atoms. The van der Waals surface area contributed by atoms with Crippen molar-refractivity contribution in [3.63, 3.8) is 0 Å². The van der Waals surface area contributed by atoms with E-state index in [2.05, 4.69) is 5.32 Å². The summed E-state index contributed by atoms with van der Waals surface area (Å²) in [5.74, 6) is 0. The fraction of sp³-hybridized carbons (Fsp3) is 0.300. The van der Waals surface area contributed by atoms with Crippen molar-refractivity contribution in [2.24, 2.45) is 0 Å². The lowest BCUT2D eigenvalue weighted by atomic mass is 10.1. The molecule has 12 heavy (non-hydrogen) atoms. The average Bonchev–Trinajstić information content (AvgIpc) is 2.08. The standard InChI is InChI=1S/C10H13NO/c1-8-3-4-9(6-11-2)10(5-8)7-12/h3-5,7,11H,6H2,1-2H3. The van der Waals surface area contributed by atoms with Crippen molar-refractivity contribution in [1.29, 1.82) is 0 Å². The van der Waals surface area contributed by atoms with E-state index in [0.29, 0.717) is 0 Å². The molecule has 0 saturated heterocycles. The Morgan fingerprint density at radius 3 is 2.83 bits per heavy atom. The molecule has 0 radical (unpaired) electrons. The maximum absolute atomic E-state index is 10.6. The second kappa shape index (κ2) is 4.02. The zero-order chi connectivity index (χ0) is 8.97. The third-order valence-electron chi connectivity index (χ3n) is 1.80. The lowest BCUT2D eigenvalue weighted by molar-refractivity contribution is 0.112.